The summed E-state index contributed by atoms with van der Waals surface area (Å²) < 4.78 is 0. The molecule has 1 N–H and O–H groups in total. The highest BCUT2D eigenvalue weighted by molar-refractivity contribution is 5.82. The Bertz CT molecular complexity index is 244. The van der Waals surface area contributed by atoms with Crippen molar-refractivity contribution in [2.24, 2.45) is 23.2 Å². The molecule has 1 saturated carbocycles. The van der Waals surface area contributed by atoms with Crippen molar-refractivity contribution in [3.8, 4) is 0 Å². The third-order valence-corrected chi connectivity index (χ3v) is 4.47. The van der Waals surface area contributed by atoms with Gasteiger partial charge in [-0.25, -0.2) is 0 Å². The van der Waals surface area contributed by atoms with E-state index < -0.39 is 0 Å². The van der Waals surface area contributed by atoms with Gasteiger partial charge < -0.3 is 5.32 Å². The molecule has 0 unspecified atom stereocenters. The zero-order valence-electron chi connectivity index (χ0n) is 12.2. The number of hydrogen-bond donors (Lipinski definition) is 1. The summed E-state index contributed by atoms with van der Waals surface area (Å²) in [4.78, 5) is 12.2. The molecule has 0 heterocycles. The van der Waals surface area contributed by atoms with E-state index >= 15 is 0 Å². The second kappa shape index (κ2) is 5.88. The minimum Gasteiger partial charge on any atom is -0.355 e. The van der Waals surface area contributed by atoms with Crippen molar-refractivity contribution in [2.45, 2.75) is 60.3 Å². The van der Waals surface area contributed by atoms with Crippen molar-refractivity contribution < 1.29 is 4.79 Å². The first kappa shape index (κ1) is 14.5. The van der Waals surface area contributed by atoms with Crippen LogP contribution >= 0.6 is 0 Å². The SMILES string of the molecule is CC(C)C(CNC(=O)C1(C)CCCC1)C(C)C. The summed E-state index contributed by atoms with van der Waals surface area (Å²) in [6, 6.07) is 0. The van der Waals surface area contributed by atoms with Gasteiger partial charge in [0.2, 0.25) is 5.91 Å². The molecule has 0 saturated heterocycles. The van der Waals surface area contributed by atoms with Crippen molar-refractivity contribution in [3.63, 3.8) is 0 Å². The van der Waals surface area contributed by atoms with E-state index in [-0.39, 0.29) is 11.3 Å². The van der Waals surface area contributed by atoms with Gasteiger partial charge in [-0.3, -0.25) is 4.79 Å². The molecule has 2 heteroatoms. The molecule has 0 spiro atoms. The van der Waals surface area contributed by atoms with E-state index in [9.17, 15) is 4.79 Å². The fourth-order valence-electron chi connectivity index (χ4n) is 3.05. The lowest BCUT2D eigenvalue weighted by molar-refractivity contribution is -0.130. The fourth-order valence-corrected chi connectivity index (χ4v) is 3.05. The Labute approximate surface area is 107 Å². The molecule has 1 amide bonds. The summed E-state index contributed by atoms with van der Waals surface area (Å²) in [5.74, 6) is 2.13. The fraction of sp³-hybridized carbons (Fsp3) is 0.933. The predicted molar refractivity (Wildman–Crippen MR) is 72.8 cm³/mol. The van der Waals surface area contributed by atoms with Crippen LogP contribution in [-0.2, 0) is 4.79 Å². The molecule has 1 rings (SSSR count). The summed E-state index contributed by atoms with van der Waals surface area (Å²) in [5.41, 5.74) is -0.0848. The first-order valence-corrected chi connectivity index (χ1v) is 7.15. The Morgan fingerprint density at radius 2 is 1.59 bits per heavy atom. The van der Waals surface area contributed by atoms with Gasteiger partial charge in [0.25, 0.3) is 0 Å². The first-order chi connectivity index (χ1) is 7.87. The van der Waals surface area contributed by atoms with Gasteiger partial charge in [-0.2, -0.15) is 0 Å². The van der Waals surface area contributed by atoms with Crippen LogP contribution in [0, 0.1) is 23.2 Å². The van der Waals surface area contributed by atoms with E-state index in [1.807, 2.05) is 0 Å². The summed E-state index contributed by atoms with van der Waals surface area (Å²) >= 11 is 0. The van der Waals surface area contributed by atoms with E-state index in [4.69, 9.17) is 0 Å². The third-order valence-electron chi connectivity index (χ3n) is 4.47. The Hall–Kier alpha value is -0.530. The molecule has 0 bridgehead atoms. The average molecular weight is 239 g/mol. The second-order valence-corrected chi connectivity index (χ2v) is 6.63. The monoisotopic (exact) mass is 239 g/mol. The molecule has 2 nitrogen and oxygen atoms in total. The standard InChI is InChI=1S/C15H29NO/c1-11(2)13(12(3)4)10-16-14(17)15(5)8-6-7-9-15/h11-13H,6-10H2,1-5H3,(H,16,17). The van der Waals surface area contributed by atoms with Crippen molar-refractivity contribution in [3.05, 3.63) is 0 Å². The van der Waals surface area contributed by atoms with Gasteiger partial charge in [-0.15, -0.1) is 0 Å². The zero-order valence-corrected chi connectivity index (χ0v) is 12.2. The number of hydrogen-bond acceptors (Lipinski definition) is 1. The van der Waals surface area contributed by atoms with E-state index in [0.717, 1.165) is 19.4 Å². The normalized spacial score (nSPS) is 19.3. The lowest BCUT2D eigenvalue weighted by atomic mass is 9.84. The van der Waals surface area contributed by atoms with Gasteiger partial charge >= 0.3 is 0 Å². The van der Waals surface area contributed by atoms with Gasteiger partial charge in [0.05, 0.1) is 0 Å². The van der Waals surface area contributed by atoms with Crippen LogP contribution in [0.5, 0.6) is 0 Å². The van der Waals surface area contributed by atoms with E-state index in [1.54, 1.807) is 0 Å². The Kier molecular flexibility index (Phi) is 5.03. The van der Waals surface area contributed by atoms with Gasteiger partial charge in [-0.1, -0.05) is 47.5 Å². The molecular formula is C15H29NO. The molecule has 0 aromatic rings. The average Bonchev–Trinajstić information content (AvgIpc) is 2.65. The highest BCUT2D eigenvalue weighted by atomic mass is 16.2. The van der Waals surface area contributed by atoms with Crippen molar-refractivity contribution in [1.29, 1.82) is 0 Å². The molecule has 0 aromatic heterocycles. The number of carbonyl (C=O) groups excluding carboxylic acids is 1. The first-order valence-electron chi connectivity index (χ1n) is 7.15. The van der Waals surface area contributed by atoms with Crippen molar-refractivity contribution in [2.75, 3.05) is 6.54 Å². The Morgan fingerprint density at radius 1 is 1.12 bits per heavy atom. The smallest absolute Gasteiger partial charge is 0.225 e. The van der Waals surface area contributed by atoms with Crippen molar-refractivity contribution >= 4 is 5.91 Å². The van der Waals surface area contributed by atoms with Gasteiger partial charge in [0.1, 0.15) is 0 Å². The quantitative estimate of drug-likeness (QED) is 0.780. The number of rotatable bonds is 5. The maximum absolute atomic E-state index is 12.2. The summed E-state index contributed by atoms with van der Waals surface area (Å²) in [5, 5.41) is 3.19. The molecule has 0 radical (unpaired) electrons. The van der Waals surface area contributed by atoms with Crippen LogP contribution < -0.4 is 5.32 Å². The zero-order chi connectivity index (χ0) is 13.1. The number of carbonyl (C=O) groups is 1. The largest absolute Gasteiger partial charge is 0.355 e. The molecule has 0 aliphatic heterocycles. The Balaban J connectivity index is 2.46. The summed E-state index contributed by atoms with van der Waals surface area (Å²) in [6.07, 6.45) is 4.54. The highest BCUT2D eigenvalue weighted by Gasteiger charge is 2.36. The maximum atomic E-state index is 12.2. The van der Waals surface area contributed by atoms with Gasteiger partial charge in [0, 0.05) is 12.0 Å². The van der Waals surface area contributed by atoms with Gasteiger partial charge in [-0.05, 0) is 30.6 Å². The molecule has 100 valence electrons. The van der Waals surface area contributed by atoms with Crippen LogP contribution in [0.1, 0.15) is 60.3 Å². The predicted octanol–water partition coefficient (Wildman–Crippen LogP) is 3.61. The lowest BCUT2D eigenvalue weighted by Crippen LogP contribution is -2.41. The maximum Gasteiger partial charge on any atom is 0.225 e. The minimum atomic E-state index is -0.0848. The second-order valence-electron chi connectivity index (χ2n) is 6.63. The number of nitrogens with one attached hydrogen (secondary N) is 1. The highest BCUT2D eigenvalue weighted by Crippen LogP contribution is 2.37. The van der Waals surface area contributed by atoms with Crippen LogP contribution in [0.25, 0.3) is 0 Å². The van der Waals surface area contributed by atoms with E-state index in [1.165, 1.54) is 12.8 Å². The lowest BCUT2D eigenvalue weighted by Gasteiger charge is -2.28. The van der Waals surface area contributed by atoms with E-state index in [0.29, 0.717) is 17.8 Å². The topological polar surface area (TPSA) is 29.1 Å². The van der Waals surface area contributed by atoms with Crippen LogP contribution in [0.2, 0.25) is 0 Å². The molecular weight excluding hydrogens is 210 g/mol. The molecule has 0 atom stereocenters. The van der Waals surface area contributed by atoms with Crippen molar-refractivity contribution in [1.82, 2.24) is 5.32 Å². The van der Waals surface area contributed by atoms with E-state index in [2.05, 4.69) is 39.9 Å². The molecule has 0 aromatic carbocycles. The van der Waals surface area contributed by atoms with Crippen LogP contribution in [0.3, 0.4) is 0 Å². The minimum absolute atomic E-state index is 0.0848. The molecule has 1 aliphatic rings. The molecule has 1 fully saturated rings. The summed E-state index contributed by atoms with van der Waals surface area (Å²) in [6.45, 7) is 11.9. The molecule has 1 aliphatic carbocycles. The number of amides is 1. The summed E-state index contributed by atoms with van der Waals surface area (Å²) in [7, 11) is 0. The van der Waals surface area contributed by atoms with Gasteiger partial charge in [0.15, 0.2) is 0 Å². The van der Waals surface area contributed by atoms with Crippen LogP contribution in [0.15, 0.2) is 0 Å². The van der Waals surface area contributed by atoms with Crippen LogP contribution in [0.4, 0.5) is 0 Å². The Morgan fingerprint density at radius 3 is 2.00 bits per heavy atom. The van der Waals surface area contributed by atoms with Crippen LogP contribution in [-0.4, -0.2) is 12.5 Å². The third kappa shape index (κ3) is 3.72. The molecule has 17 heavy (non-hydrogen) atoms.